The highest BCUT2D eigenvalue weighted by Crippen LogP contribution is 2.58. The van der Waals surface area contributed by atoms with Gasteiger partial charge in [0.15, 0.2) is 11.3 Å². The number of hydrogen-bond donors (Lipinski definition) is 2. The smallest absolute Gasteiger partial charge is 0.276 e. The molecule has 2 bridgehead atoms. The number of rotatable bonds is 8. The molecular weight excluding hydrogens is 539 g/mol. The lowest BCUT2D eigenvalue weighted by atomic mass is 9.80. The number of imidazole rings is 1. The van der Waals surface area contributed by atoms with E-state index in [1.54, 1.807) is 23.8 Å². The average Bonchev–Trinajstić information content (AvgIpc) is 3.21. The number of halogens is 3. The van der Waals surface area contributed by atoms with Gasteiger partial charge in [-0.05, 0) is 86.4 Å². The molecular formula is C28H32F3N7O3. The predicted molar refractivity (Wildman–Crippen MR) is 137 cm³/mol. The molecule has 0 aliphatic heterocycles. The molecule has 0 saturated heterocycles. The minimum Gasteiger partial charge on any atom is -0.349 e. The third kappa shape index (κ3) is 4.97. The van der Waals surface area contributed by atoms with Gasteiger partial charge < -0.3 is 10.6 Å². The van der Waals surface area contributed by atoms with Crippen LogP contribution in [0.2, 0.25) is 0 Å². The predicted octanol–water partition coefficient (Wildman–Crippen LogP) is 4.42. The Morgan fingerprint density at radius 3 is 2.39 bits per heavy atom. The number of hydrogen-bond acceptors (Lipinski definition) is 7. The molecule has 3 heterocycles. The second-order valence-corrected chi connectivity index (χ2v) is 12.6. The van der Waals surface area contributed by atoms with Crippen molar-refractivity contribution in [2.45, 2.75) is 88.4 Å². The van der Waals surface area contributed by atoms with Crippen molar-refractivity contribution in [3.8, 4) is 0 Å². The van der Waals surface area contributed by atoms with E-state index in [1.165, 1.54) is 0 Å². The Labute approximate surface area is 233 Å². The molecule has 5 fully saturated rings. The number of alkyl halides is 3. The van der Waals surface area contributed by atoms with Gasteiger partial charge in [0.05, 0.1) is 30.2 Å². The van der Waals surface area contributed by atoms with E-state index in [0.717, 1.165) is 18.4 Å². The fraction of sp³-hybridized carbons (Fsp3) is 0.643. The van der Waals surface area contributed by atoms with Gasteiger partial charge in [-0.25, -0.2) is 27.3 Å². The summed E-state index contributed by atoms with van der Waals surface area (Å²) in [6, 6.07) is 0.970. The first-order chi connectivity index (χ1) is 19.6. The van der Waals surface area contributed by atoms with Crippen LogP contribution in [-0.2, 0) is 4.79 Å². The summed E-state index contributed by atoms with van der Waals surface area (Å²) in [6.07, 6.45) is 6.52. The summed E-state index contributed by atoms with van der Waals surface area (Å²) >= 11 is 0. The van der Waals surface area contributed by atoms with Crippen LogP contribution in [0.5, 0.6) is 0 Å². The molecule has 0 radical (unpaired) electrons. The first-order valence-corrected chi connectivity index (χ1v) is 14.4. The summed E-state index contributed by atoms with van der Waals surface area (Å²) in [4.78, 5) is 30.9. The lowest BCUT2D eigenvalue weighted by Gasteiger charge is -2.33. The Bertz CT molecular complexity index is 1490. The van der Waals surface area contributed by atoms with Crippen LogP contribution in [0.1, 0.15) is 97.3 Å². The minimum atomic E-state index is -2.72. The maximum atomic E-state index is 14.4. The van der Waals surface area contributed by atoms with Gasteiger partial charge in [-0.3, -0.25) is 9.59 Å². The Balaban J connectivity index is 1.15. The van der Waals surface area contributed by atoms with E-state index < -0.39 is 23.5 Å². The molecule has 5 aliphatic carbocycles. The quantitative estimate of drug-likeness (QED) is 0.410. The molecule has 3 aromatic heterocycles. The molecule has 218 valence electrons. The summed E-state index contributed by atoms with van der Waals surface area (Å²) in [5.74, 6) is -3.48. The average molecular weight is 572 g/mol. The highest BCUT2D eigenvalue weighted by Gasteiger charge is 2.59. The van der Waals surface area contributed by atoms with Crippen molar-refractivity contribution in [1.29, 1.82) is 0 Å². The summed E-state index contributed by atoms with van der Waals surface area (Å²) in [5, 5.41) is 18.0. The van der Waals surface area contributed by atoms with Gasteiger partial charge in [0.2, 0.25) is 11.8 Å². The third-order valence-corrected chi connectivity index (χ3v) is 9.56. The number of aromatic nitrogens is 5. The van der Waals surface area contributed by atoms with Crippen molar-refractivity contribution < 1.29 is 27.4 Å². The van der Waals surface area contributed by atoms with Crippen LogP contribution in [0.25, 0.3) is 5.65 Å². The van der Waals surface area contributed by atoms with Gasteiger partial charge in [-0.2, -0.15) is 5.10 Å². The van der Waals surface area contributed by atoms with Crippen LogP contribution < -0.4 is 10.6 Å². The molecule has 41 heavy (non-hydrogen) atoms. The summed E-state index contributed by atoms with van der Waals surface area (Å²) < 4.78 is 48.6. The Morgan fingerprint density at radius 2 is 1.76 bits per heavy atom. The largest absolute Gasteiger partial charge is 0.349 e. The number of fused-ring (bicyclic) bond motifs is 2. The first kappa shape index (κ1) is 26.4. The van der Waals surface area contributed by atoms with Gasteiger partial charge in [-0.1, -0.05) is 5.16 Å². The van der Waals surface area contributed by atoms with Gasteiger partial charge >= 0.3 is 0 Å². The SMILES string of the molecule is Cc1nonc1C(=O)N[C@H](c1cn2ncc([C@H](NC(=O)C3CC4(F)CC3C4)C3CC3)cc2n1)C1CCC(F)(F)CC1. The molecule has 13 heteroatoms. The third-order valence-electron chi connectivity index (χ3n) is 9.56. The first-order valence-electron chi connectivity index (χ1n) is 14.4. The van der Waals surface area contributed by atoms with Crippen molar-refractivity contribution in [1.82, 2.24) is 35.5 Å². The number of nitrogens with zero attached hydrogens (tertiary/aromatic N) is 5. The highest BCUT2D eigenvalue weighted by atomic mass is 19.3. The number of aryl methyl sites for hydroxylation is 1. The molecule has 3 atom stereocenters. The monoisotopic (exact) mass is 571 g/mol. The molecule has 10 nitrogen and oxygen atoms in total. The van der Waals surface area contributed by atoms with Crippen LogP contribution in [0.15, 0.2) is 23.1 Å². The summed E-state index contributed by atoms with van der Waals surface area (Å²) in [6.45, 7) is 1.60. The van der Waals surface area contributed by atoms with Crippen LogP contribution >= 0.6 is 0 Å². The van der Waals surface area contributed by atoms with Crippen molar-refractivity contribution >= 4 is 17.5 Å². The van der Waals surface area contributed by atoms with Gasteiger partial charge in [-0.15, -0.1) is 0 Å². The second kappa shape index (κ2) is 9.52. The molecule has 5 saturated carbocycles. The molecule has 5 aliphatic rings. The Hall–Kier alpha value is -3.51. The fourth-order valence-corrected chi connectivity index (χ4v) is 7.07. The number of carbonyl (C=O) groups excluding carboxylic acids is 2. The van der Waals surface area contributed by atoms with Gasteiger partial charge in [0, 0.05) is 18.8 Å². The van der Waals surface area contributed by atoms with Crippen LogP contribution in [0.3, 0.4) is 0 Å². The van der Waals surface area contributed by atoms with Crippen LogP contribution in [0, 0.1) is 30.6 Å². The van der Waals surface area contributed by atoms with Crippen molar-refractivity contribution in [3.05, 3.63) is 41.1 Å². The number of nitrogens with one attached hydrogen (secondary N) is 2. The van der Waals surface area contributed by atoms with E-state index in [2.05, 4.69) is 30.7 Å². The molecule has 8 rings (SSSR count). The molecule has 3 aromatic rings. The van der Waals surface area contributed by atoms with Crippen molar-refractivity contribution in [2.75, 3.05) is 0 Å². The molecule has 0 spiro atoms. The Kier molecular flexibility index (Phi) is 6.13. The summed E-state index contributed by atoms with van der Waals surface area (Å²) in [5.41, 5.74) is 1.01. The minimum absolute atomic E-state index is 0.0294. The van der Waals surface area contributed by atoms with E-state index in [4.69, 9.17) is 4.98 Å². The zero-order chi connectivity index (χ0) is 28.5. The molecule has 0 aromatic carbocycles. The number of amides is 2. The molecule has 2 amide bonds. The van der Waals surface area contributed by atoms with Crippen LogP contribution in [0.4, 0.5) is 13.2 Å². The normalized spacial score (nSPS) is 28.7. The zero-order valence-corrected chi connectivity index (χ0v) is 22.7. The lowest BCUT2D eigenvalue weighted by molar-refractivity contribution is -0.126. The van der Waals surface area contributed by atoms with E-state index in [9.17, 15) is 22.8 Å². The van der Waals surface area contributed by atoms with Gasteiger partial charge in [0.25, 0.3) is 5.91 Å². The van der Waals surface area contributed by atoms with Crippen molar-refractivity contribution in [3.63, 3.8) is 0 Å². The fourth-order valence-electron chi connectivity index (χ4n) is 7.07. The number of carbonyl (C=O) groups is 2. The van der Waals surface area contributed by atoms with E-state index in [-0.39, 0.29) is 67.0 Å². The Morgan fingerprint density at radius 1 is 1.02 bits per heavy atom. The molecule has 1 unspecified atom stereocenters. The maximum absolute atomic E-state index is 14.4. The standard InChI is InChI=1S/C28H32F3N7O3/c1-14-22(37-41-36-14)26(40)35-24(16-4-6-28(30,31)7-5-16)20-13-38-21(33-20)8-17(12-32-38)23(15-2-3-15)34-25(39)19-11-27(29)9-18(19)10-27/h8,12-13,15-16,18-19,23-24H,2-7,9-11H2,1H3,(H,34,39)(H,35,40)/t18?,19?,23-,24+,27?/m1/s1. The molecule has 2 N–H and O–H groups in total. The van der Waals surface area contributed by atoms with Crippen molar-refractivity contribution in [2.24, 2.45) is 23.7 Å². The topological polar surface area (TPSA) is 127 Å². The van der Waals surface area contributed by atoms with Gasteiger partial charge in [0.1, 0.15) is 11.4 Å². The van der Waals surface area contributed by atoms with E-state index in [0.29, 0.717) is 36.3 Å². The van der Waals surface area contributed by atoms with E-state index >= 15 is 0 Å². The maximum Gasteiger partial charge on any atom is 0.276 e. The van der Waals surface area contributed by atoms with Crippen LogP contribution in [-0.4, -0.2) is 48.3 Å². The zero-order valence-electron chi connectivity index (χ0n) is 22.7. The highest BCUT2D eigenvalue weighted by molar-refractivity contribution is 5.93. The lowest BCUT2D eigenvalue weighted by Crippen LogP contribution is -2.37. The van der Waals surface area contributed by atoms with E-state index in [1.807, 2.05) is 6.07 Å². The summed E-state index contributed by atoms with van der Waals surface area (Å²) in [7, 11) is 0. The second-order valence-electron chi connectivity index (χ2n) is 12.6.